The molecule has 1 heteroatoms. The molecule has 2 rings (SSSR count). The van der Waals surface area contributed by atoms with Crippen molar-refractivity contribution in [3.05, 3.63) is 35.9 Å². The van der Waals surface area contributed by atoms with Gasteiger partial charge in [-0.15, -0.1) is 0 Å². The van der Waals surface area contributed by atoms with Gasteiger partial charge in [-0.2, -0.15) is 0 Å². The van der Waals surface area contributed by atoms with Crippen molar-refractivity contribution >= 4 is 5.57 Å². The van der Waals surface area contributed by atoms with Crippen molar-refractivity contribution in [2.24, 2.45) is 5.92 Å². The van der Waals surface area contributed by atoms with Crippen LogP contribution >= 0.6 is 0 Å². The Kier molecular flexibility index (Phi) is 4.24. The molecule has 92 valence electrons. The van der Waals surface area contributed by atoms with Crippen LogP contribution in [0.2, 0.25) is 0 Å². The fraction of sp³-hybridized carbons (Fsp3) is 0.500. The standard InChI is InChI=1S/C16H22O/c1-3-16(13-7-5-4-6-8-13)14-9-11-15(17-2)12-10-14/h3,9-13H,4-8H2,1-2H3. The molecule has 0 amide bonds. The molecule has 0 radical (unpaired) electrons. The summed E-state index contributed by atoms with van der Waals surface area (Å²) >= 11 is 0. The maximum absolute atomic E-state index is 5.21. The average Bonchev–Trinajstić information content (AvgIpc) is 2.42. The molecule has 1 aromatic carbocycles. The largest absolute Gasteiger partial charge is 0.497 e. The molecule has 0 aromatic heterocycles. The normalized spacial score (nSPS) is 18.1. The smallest absolute Gasteiger partial charge is 0.118 e. The molecule has 0 aliphatic heterocycles. The molecule has 0 heterocycles. The van der Waals surface area contributed by atoms with Crippen LogP contribution in [0.5, 0.6) is 5.75 Å². The molecule has 17 heavy (non-hydrogen) atoms. The second-order valence-corrected chi connectivity index (χ2v) is 4.81. The lowest BCUT2D eigenvalue weighted by molar-refractivity contribution is 0.414. The number of methoxy groups -OCH3 is 1. The summed E-state index contributed by atoms with van der Waals surface area (Å²) in [5.41, 5.74) is 2.88. The first-order valence-electron chi connectivity index (χ1n) is 6.65. The van der Waals surface area contributed by atoms with Crippen LogP contribution < -0.4 is 4.74 Å². The molecular formula is C16H22O. The number of benzene rings is 1. The van der Waals surface area contributed by atoms with E-state index in [4.69, 9.17) is 4.74 Å². The maximum atomic E-state index is 5.21. The van der Waals surface area contributed by atoms with Gasteiger partial charge in [-0.3, -0.25) is 0 Å². The lowest BCUT2D eigenvalue weighted by Crippen LogP contribution is -2.08. The quantitative estimate of drug-likeness (QED) is 0.732. The van der Waals surface area contributed by atoms with Crippen molar-refractivity contribution < 1.29 is 4.74 Å². The molecule has 1 aliphatic rings. The Morgan fingerprint density at radius 3 is 2.29 bits per heavy atom. The second-order valence-electron chi connectivity index (χ2n) is 4.81. The molecule has 1 aliphatic carbocycles. The van der Waals surface area contributed by atoms with E-state index in [1.807, 2.05) is 0 Å². The van der Waals surface area contributed by atoms with Gasteiger partial charge in [0.15, 0.2) is 0 Å². The molecule has 1 saturated carbocycles. The summed E-state index contributed by atoms with van der Waals surface area (Å²) in [6.45, 7) is 2.16. The van der Waals surface area contributed by atoms with E-state index in [9.17, 15) is 0 Å². The molecule has 0 spiro atoms. The van der Waals surface area contributed by atoms with E-state index in [1.54, 1.807) is 7.11 Å². The van der Waals surface area contributed by atoms with E-state index in [0.29, 0.717) is 0 Å². The summed E-state index contributed by atoms with van der Waals surface area (Å²) in [5, 5.41) is 0. The lowest BCUT2D eigenvalue weighted by atomic mass is 9.81. The lowest BCUT2D eigenvalue weighted by Gasteiger charge is -2.24. The Hall–Kier alpha value is -1.24. The minimum Gasteiger partial charge on any atom is -0.497 e. The number of ether oxygens (including phenoxy) is 1. The van der Waals surface area contributed by atoms with Crippen LogP contribution in [0.4, 0.5) is 0 Å². The van der Waals surface area contributed by atoms with Crippen molar-refractivity contribution in [1.82, 2.24) is 0 Å². The van der Waals surface area contributed by atoms with E-state index < -0.39 is 0 Å². The Morgan fingerprint density at radius 1 is 1.12 bits per heavy atom. The fourth-order valence-corrected chi connectivity index (χ4v) is 2.84. The van der Waals surface area contributed by atoms with Crippen LogP contribution in [0.1, 0.15) is 44.6 Å². The van der Waals surface area contributed by atoms with E-state index in [-0.39, 0.29) is 0 Å². The summed E-state index contributed by atoms with van der Waals surface area (Å²) in [6, 6.07) is 8.48. The van der Waals surface area contributed by atoms with Gasteiger partial charge in [-0.1, -0.05) is 37.5 Å². The Morgan fingerprint density at radius 2 is 1.76 bits per heavy atom. The van der Waals surface area contributed by atoms with Gasteiger partial charge in [-0.25, -0.2) is 0 Å². The minimum absolute atomic E-state index is 0.766. The Labute approximate surface area is 104 Å². The van der Waals surface area contributed by atoms with Crippen molar-refractivity contribution in [2.45, 2.75) is 39.0 Å². The van der Waals surface area contributed by atoms with E-state index in [2.05, 4.69) is 37.3 Å². The molecule has 1 aromatic rings. The average molecular weight is 230 g/mol. The Balaban J connectivity index is 2.16. The third-order valence-corrected chi connectivity index (χ3v) is 3.78. The summed E-state index contributed by atoms with van der Waals surface area (Å²) < 4.78 is 5.21. The molecule has 0 bridgehead atoms. The number of allylic oxidation sites excluding steroid dienone is 2. The topological polar surface area (TPSA) is 9.23 Å². The van der Waals surface area contributed by atoms with Crippen molar-refractivity contribution in [1.29, 1.82) is 0 Å². The van der Waals surface area contributed by atoms with Gasteiger partial charge in [0.05, 0.1) is 7.11 Å². The highest BCUT2D eigenvalue weighted by Gasteiger charge is 2.18. The fourth-order valence-electron chi connectivity index (χ4n) is 2.84. The summed E-state index contributed by atoms with van der Waals surface area (Å²) in [4.78, 5) is 0. The molecule has 0 unspecified atom stereocenters. The third kappa shape index (κ3) is 2.91. The molecule has 0 atom stereocenters. The first kappa shape index (κ1) is 12.2. The number of rotatable bonds is 3. The van der Waals surface area contributed by atoms with Gasteiger partial charge in [0.1, 0.15) is 5.75 Å². The third-order valence-electron chi connectivity index (χ3n) is 3.78. The zero-order chi connectivity index (χ0) is 12.1. The molecule has 0 saturated heterocycles. The van der Waals surface area contributed by atoms with Gasteiger partial charge in [0.25, 0.3) is 0 Å². The van der Waals surface area contributed by atoms with Crippen molar-refractivity contribution in [2.75, 3.05) is 7.11 Å². The minimum atomic E-state index is 0.766. The van der Waals surface area contributed by atoms with Crippen molar-refractivity contribution in [3.63, 3.8) is 0 Å². The van der Waals surface area contributed by atoms with Crippen LogP contribution in [-0.4, -0.2) is 7.11 Å². The van der Waals surface area contributed by atoms with Crippen LogP contribution in [0.15, 0.2) is 30.3 Å². The first-order chi connectivity index (χ1) is 8.35. The molecule has 1 fully saturated rings. The molecule has 0 N–H and O–H groups in total. The zero-order valence-electron chi connectivity index (χ0n) is 10.9. The summed E-state index contributed by atoms with van der Waals surface area (Å²) in [7, 11) is 1.71. The van der Waals surface area contributed by atoms with Gasteiger partial charge in [0, 0.05) is 0 Å². The van der Waals surface area contributed by atoms with Gasteiger partial charge < -0.3 is 4.74 Å². The van der Waals surface area contributed by atoms with Crippen LogP contribution in [0.3, 0.4) is 0 Å². The predicted octanol–water partition coefficient (Wildman–Crippen LogP) is 4.68. The predicted molar refractivity (Wildman–Crippen MR) is 73.2 cm³/mol. The van der Waals surface area contributed by atoms with Crippen LogP contribution in [0.25, 0.3) is 5.57 Å². The highest BCUT2D eigenvalue weighted by atomic mass is 16.5. The van der Waals surface area contributed by atoms with Crippen LogP contribution in [0, 0.1) is 5.92 Å². The van der Waals surface area contributed by atoms with Crippen LogP contribution in [-0.2, 0) is 0 Å². The second kappa shape index (κ2) is 5.90. The molecule has 1 nitrogen and oxygen atoms in total. The van der Waals surface area contributed by atoms with Crippen molar-refractivity contribution in [3.8, 4) is 5.75 Å². The summed E-state index contributed by atoms with van der Waals surface area (Å²) in [6.07, 6.45) is 9.18. The highest BCUT2D eigenvalue weighted by Crippen LogP contribution is 2.35. The Bertz CT molecular complexity index is 369. The van der Waals surface area contributed by atoms with Gasteiger partial charge >= 0.3 is 0 Å². The summed E-state index contributed by atoms with van der Waals surface area (Å²) in [5.74, 6) is 1.70. The number of hydrogen-bond donors (Lipinski definition) is 0. The van der Waals surface area contributed by atoms with E-state index in [0.717, 1.165) is 11.7 Å². The monoisotopic (exact) mass is 230 g/mol. The van der Waals surface area contributed by atoms with E-state index >= 15 is 0 Å². The zero-order valence-corrected chi connectivity index (χ0v) is 10.9. The first-order valence-corrected chi connectivity index (χ1v) is 6.65. The van der Waals surface area contributed by atoms with Gasteiger partial charge in [-0.05, 0) is 49.0 Å². The van der Waals surface area contributed by atoms with E-state index in [1.165, 1.54) is 43.2 Å². The maximum Gasteiger partial charge on any atom is 0.118 e. The SMILES string of the molecule is CC=C(c1ccc(OC)cc1)C1CCCCC1. The number of hydrogen-bond acceptors (Lipinski definition) is 1. The van der Waals surface area contributed by atoms with Gasteiger partial charge in [0.2, 0.25) is 0 Å². The highest BCUT2D eigenvalue weighted by molar-refractivity contribution is 5.67. The molecular weight excluding hydrogens is 208 g/mol.